The lowest BCUT2D eigenvalue weighted by Gasteiger charge is -2.04. The van der Waals surface area contributed by atoms with E-state index in [1.165, 1.54) is 11.8 Å². The van der Waals surface area contributed by atoms with Crippen LogP contribution in [-0.4, -0.2) is 64.9 Å². The minimum atomic E-state index is -3.36. The van der Waals surface area contributed by atoms with Crippen LogP contribution in [0.25, 0.3) is 0 Å². The van der Waals surface area contributed by atoms with Gasteiger partial charge in [-0.1, -0.05) is 11.8 Å². The first kappa shape index (κ1) is 17.4. The summed E-state index contributed by atoms with van der Waals surface area (Å²) in [5.74, 6) is -1.40. The number of rotatable bonds is 9. The third-order valence-corrected chi connectivity index (χ3v) is 5.16. The molecule has 1 rings (SSSR count). The van der Waals surface area contributed by atoms with E-state index in [4.69, 9.17) is 5.73 Å². The minimum Gasteiger partial charge on any atom is -0.468 e. The summed E-state index contributed by atoms with van der Waals surface area (Å²) in [6.07, 6.45) is -0.201. The van der Waals surface area contributed by atoms with Crippen molar-refractivity contribution < 1.29 is 22.7 Å². The normalized spacial score (nSPS) is 11.3. The Hall–Kier alpha value is -1.69. The minimum absolute atomic E-state index is 0.143. The molecule has 0 radical (unpaired) electrons. The number of tetrazole rings is 1. The molecule has 0 aliphatic rings. The molecule has 0 spiro atoms. The van der Waals surface area contributed by atoms with Crippen LogP contribution in [0, 0.1) is 0 Å². The van der Waals surface area contributed by atoms with Gasteiger partial charge in [0.1, 0.15) is 6.54 Å². The Morgan fingerprint density at radius 2 is 2.10 bits per heavy atom. The molecule has 0 bridgehead atoms. The summed E-state index contributed by atoms with van der Waals surface area (Å²) >= 11 is 1.09. The predicted molar refractivity (Wildman–Crippen MR) is 73.0 cm³/mol. The molecule has 21 heavy (non-hydrogen) atoms. The second-order valence-electron chi connectivity index (χ2n) is 3.91. The zero-order valence-corrected chi connectivity index (χ0v) is 12.9. The molecule has 2 N–H and O–H groups in total. The molecule has 0 aliphatic heterocycles. The fourth-order valence-electron chi connectivity index (χ4n) is 1.20. The SMILES string of the molecule is COC(=O)Cn1nnnc1SCCS(=O)(=O)CCC(N)=O. The van der Waals surface area contributed by atoms with Crippen molar-refractivity contribution in [1.82, 2.24) is 20.2 Å². The number of thioether (sulfide) groups is 1. The average Bonchev–Trinajstić information content (AvgIpc) is 2.84. The quantitative estimate of drug-likeness (QED) is 0.408. The van der Waals surface area contributed by atoms with E-state index < -0.39 is 21.7 Å². The highest BCUT2D eigenvalue weighted by Crippen LogP contribution is 2.14. The lowest BCUT2D eigenvalue weighted by atomic mass is 10.5. The fourth-order valence-corrected chi connectivity index (χ4v) is 3.80. The van der Waals surface area contributed by atoms with Crippen LogP contribution in [-0.2, 0) is 30.7 Å². The molecular weight excluding hydrogens is 322 g/mol. The number of methoxy groups -OCH3 is 1. The first-order valence-corrected chi connectivity index (χ1v) is 8.59. The Morgan fingerprint density at radius 1 is 1.38 bits per heavy atom. The van der Waals surface area contributed by atoms with Gasteiger partial charge in [0.2, 0.25) is 11.1 Å². The molecule has 0 aliphatic carbocycles. The van der Waals surface area contributed by atoms with Gasteiger partial charge in [0, 0.05) is 12.2 Å². The number of amides is 1. The predicted octanol–water partition coefficient (Wildman–Crippen LogP) is -1.77. The Bertz CT molecular complexity index is 599. The number of ether oxygens (including phenoxy) is 1. The number of hydrogen-bond donors (Lipinski definition) is 1. The highest BCUT2D eigenvalue weighted by molar-refractivity contribution is 8.00. The number of carbonyl (C=O) groups excluding carboxylic acids is 2. The van der Waals surface area contributed by atoms with Crippen molar-refractivity contribution in [3.05, 3.63) is 0 Å². The van der Waals surface area contributed by atoms with Crippen LogP contribution >= 0.6 is 11.8 Å². The van der Waals surface area contributed by atoms with Gasteiger partial charge in [0.25, 0.3) is 0 Å². The van der Waals surface area contributed by atoms with Gasteiger partial charge in [0.05, 0.1) is 18.6 Å². The van der Waals surface area contributed by atoms with Crippen molar-refractivity contribution in [1.29, 1.82) is 0 Å². The number of nitrogens with zero attached hydrogens (tertiary/aromatic N) is 4. The van der Waals surface area contributed by atoms with E-state index in [-0.39, 0.29) is 30.2 Å². The molecule has 118 valence electrons. The van der Waals surface area contributed by atoms with Crippen molar-refractivity contribution in [3.63, 3.8) is 0 Å². The van der Waals surface area contributed by atoms with E-state index in [2.05, 4.69) is 20.3 Å². The Labute approximate surface area is 125 Å². The summed E-state index contributed by atoms with van der Waals surface area (Å²) in [6, 6.07) is 0. The summed E-state index contributed by atoms with van der Waals surface area (Å²) in [5, 5.41) is 11.0. The molecule has 0 saturated carbocycles. The fraction of sp³-hybridized carbons (Fsp3) is 0.667. The Kier molecular flexibility index (Phi) is 6.55. The summed E-state index contributed by atoms with van der Waals surface area (Å²) in [7, 11) is -2.12. The Balaban J connectivity index is 2.47. The molecule has 1 amide bonds. The molecule has 1 aromatic heterocycles. The van der Waals surface area contributed by atoms with Gasteiger partial charge in [-0.05, 0) is 10.4 Å². The summed E-state index contributed by atoms with van der Waals surface area (Å²) in [5.41, 5.74) is 4.90. The molecule has 12 heteroatoms. The van der Waals surface area contributed by atoms with Gasteiger partial charge in [-0.3, -0.25) is 9.59 Å². The second-order valence-corrected chi connectivity index (χ2v) is 7.28. The van der Waals surface area contributed by atoms with Crippen molar-refractivity contribution in [2.45, 2.75) is 18.1 Å². The van der Waals surface area contributed by atoms with Crippen LogP contribution in [0.5, 0.6) is 0 Å². The highest BCUT2D eigenvalue weighted by Gasteiger charge is 2.15. The number of nitrogens with two attached hydrogens (primary N) is 1. The van der Waals surface area contributed by atoms with Gasteiger partial charge in [-0.2, -0.15) is 0 Å². The van der Waals surface area contributed by atoms with Crippen LogP contribution in [0.15, 0.2) is 5.16 Å². The number of carbonyl (C=O) groups is 2. The van der Waals surface area contributed by atoms with Gasteiger partial charge >= 0.3 is 5.97 Å². The first-order chi connectivity index (χ1) is 9.84. The van der Waals surface area contributed by atoms with Crippen LogP contribution in [0.2, 0.25) is 0 Å². The number of primary amides is 1. The smallest absolute Gasteiger partial charge is 0.327 e. The van der Waals surface area contributed by atoms with Gasteiger partial charge < -0.3 is 10.5 Å². The second kappa shape index (κ2) is 7.93. The van der Waals surface area contributed by atoms with E-state index in [1.54, 1.807) is 0 Å². The molecule has 0 atom stereocenters. The van der Waals surface area contributed by atoms with E-state index in [0.29, 0.717) is 5.16 Å². The van der Waals surface area contributed by atoms with Crippen molar-refractivity contribution in [2.24, 2.45) is 5.73 Å². The number of esters is 1. The monoisotopic (exact) mass is 337 g/mol. The standard InChI is InChI=1S/C9H15N5O5S2/c1-19-8(16)6-14-9(11-12-13-14)20-3-5-21(17,18)4-2-7(10)15/h2-6H2,1H3,(H2,10,15). The maximum atomic E-state index is 11.6. The molecular formula is C9H15N5O5S2. The zero-order valence-electron chi connectivity index (χ0n) is 11.3. The maximum absolute atomic E-state index is 11.6. The Morgan fingerprint density at radius 3 is 2.71 bits per heavy atom. The number of hydrogen-bond acceptors (Lipinski definition) is 9. The molecule has 1 heterocycles. The largest absolute Gasteiger partial charge is 0.468 e. The van der Waals surface area contributed by atoms with Gasteiger partial charge in [0.15, 0.2) is 9.84 Å². The third-order valence-electron chi connectivity index (χ3n) is 2.29. The third kappa shape index (κ3) is 6.53. The maximum Gasteiger partial charge on any atom is 0.327 e. The molecule has 0 aromatic carbocycles. The van der Waals surface area contributed by atoms with E-state index >= 15 is 0 Å². The van der Waals surface area contributed by atoms with E-state index in [9.17, 15) is 18.0 Å². The van der Waals surface area contributed by atoms with Crippen LogP contribution in [0.4, 0.5) is 0 Å². The van der Waals surface area contributed by atoms with Crippen molar-refractivity contribution in [3.8, 4) is 0 Å². The summed E-state index contributed by atoms with van der Waals surface area (Å²) in [6.45, 7) is -0.153. The van der Waals surface area contributed by atoms with E-state index in [1.807, 2.05) is 0 Å². The summed E-state index contributed by atoms with van der Waals surface area (Å²) < 4.78 is 28.9. The average molecular weight is 337 g/mol. The van der Waals surface area contributed by atoms with Crippen LogP contribution in [0.3, 0.4) is 0 Å². The lowest BCUT2D eigenvalue weighted by Crippen LogP contribution is -2.20. The zero-order chi connectivity index (χ0) is 15.9. The van der Waals surface area contributed by atoms with Crippen molar-refractivity contribution in [2.75, 3.05) is 24.4 Å². The molecule has 1 aromatic rings. The number of aromatic nitrogens is 4. The van der Waals surface area contributed by atoms with E-state index in [0.717, 1.165) is 11.8 Å². The lowest BCUT2D eigenvalue weighted by molar-refractivity contribution is -0.141. The first-order valence-electron chi connectivity index (χ1n) is 5.78. The molecule has 0 saturated heterocycles. The van der Waals surface area contributed by atoms with Crippen LogP contribution in [0.1, 0.15) is 6.42 Å². The van der Waals surface area contributed by atoms with Gasteiger partial charge in [-0.25, -0.2) is 13.1 Å². The van der Waals surface area contributed by atoms with Crippen molar-refractivity contribution >= 4 is 33.5 Å². The highest BCUT2D eigenvalue weighted by atomic mass is 32.2. The molecule has 0 fully saturated rings. The van der Waals surface area contributed by atoms with Crippen LogP contribution < -0.4 is 5.73 Å². The number of sulfone groups is 1. The van der Waals surface area contributed by atoms with Gasteiger partial charge in [-0.15, -0.1) is 5.10 Å². The molecule has 0 unspecified atom stereocenters. The molecule has 10 nitrogen and oxygen atoms in total. The topological polar surface area (TPSA) is 147 Å². The summed E-state index contributed by atoms with van der Waals surface area (Å²) in [4.78, 5) is 21.7.